The van der Waals surface area contributed by atoms with Gasteiger partial charge in [-0.1, -0.05) is 18.2 Å². The fraction of sp³-hybridized carbons (Fsp3) is 0.483. The van der Waals surface area contributed by atoms with E-state index in [-0.39, 0.29) is 47.8 Å². The predicted molar refractivity (Wildman–Crippen MR) is 145 cm³/mol. The van der Waals surface area contributed by atoms with Crippen LogP contribution in [0.25, 0.3) is 0 Å². The van der Waals surface area contributed by atoms with E-state index >= 15 is 0 Å². The maximum atomic E-state index is 13.1. The van der Waals surface area contributed by atoms with E-state index in [4.69, 9.17) is 9.47 Å². The molecule has 0 radical (unpaired) electrons. The molecule has 0 atom stereocenters. The third kappa shape index (κ3) is 6.27. The van der Waals surface area contributed by atoms with Crippen LogP contribution in [0.3, 0.4) is 0 Å². The number of benzene rings is 2. The van der Waals surface area contributed by atoms with E-state index in [2.05, 4.69) is 10.6 Å². The molecule has 2 saturated heterocycles. The van der Waals surface area contributed by atoms with Crippen molar-refractivity contribution in [3.05, 3.63) is 53.6 Å². The topological polar surface area (TPSA) is 120 Å². The van der Waals surface area contributed by atoms with Crippen LogP contribution in [0.2, 0.25) is 0 Å². The average Bonchev–Trinajstić information content (AvgIpc) is 2.97. The van der Waals surface area contributed by atoms with Gasteiger partial charge in [0.1, 0.15) is 18.1 Å². The molecule has 39 heavy (non-hydrogen) atoms. The Morgan fingerprint density at radius 1 is 1.08 bits per heavy atom. The number of nitrogens with one attached hydrogen (secondary N) is 2. The summed E-state index contributed by atoms with van der Waals surface area (Å²) in [7, 11) is 0. The molecule has 0 spiro atoms. The highest BCUT2D eigenvalue weighted by Crippen LogP contribution is 2.32. The summed E-state index contributed by atoms with van der Waals surface area (Å²) in [5, 5.41) is 16.8. The van der Waals surface area contributed by atoms with Crippen LogP contribution in [-0.4, -0.2) is 73.3 Å². The van der Waals surface area contributed by atoms with E-state index in [0.717, 1.165) is 37.2 Å². The third-order valence-corrected chi connectivity index (χ3v) is 7.71. The summed E-state index contributed by atoms with van der Waals surface area (Å²) in [5.74, 6) is 0.265. The molecule has 3 N–H and O–H groups in total. The van der Waals surface area contributed by atoms with Gasteiger partial charge >= 0.3 is 6.09 Å². The van der Waals surface area contributed by atoms with E-state index in [1.807, 2.05) is 24.3 Å². The number of phenolic OH excluding ortho intramolecular Hbond substituents is 1. The molecule has 5 rings (SSSR count). The minimum absolute atomic E-state index is 0.0585. The van der Waals surface area contributed by atoms with Gasteiger partial charge in [0.05, 0.1) is 17.9 Å². The third-order valence-electron chi connectivity index (χ3n) is 7.71. The number of phenols is 1. The Labute approximate surface area is 228 Å². The van der Waals surface area contributed by atoms with Gasteiger partial charge in [-0.05, 0) is 63.4 Å². The van der Waals surface area contributed by atoms with Crippen LogP contribution in [0.5, 0.6) is 11.5 Å². The predicted octanol–water partition coefficient (Wildman–Crippen LogP) is 3.04. The molecule has 2 fully saturated rings. The number of amides is 3. The number of para-hydroxylation sites is 1. The number of anilines is 1. The quantitative estimate of drug-likeness (QED) is 0.444. The van der Waals surface area contributed by atoms with Crippen LogP contribution < -0.4 is 20.3 Å². The van der Waals surface area contributed by atoms with Crippen LogP contribution in [0.1, 0.15) is 48.0 Å². The summed E-state index contributed by atoms with van der Waals surface area (Å²) >= 11 is 0. The average molecular weight is 537 g/mol. The second kappa shape index (κ2) is 12.4. The first-order valence-electron chi connectivity index (χ1n) is 13.8. The summed E-state index contributed by atoms with van der Waals surface area (Å²) in [6.07, 6.45) is 3.26. The number of hydrogen-bond acceptors (Lipinski definition) is 7. The number of hydrogen-bond donors (Lipinski definition) is 3. The minimum atomic E-state index is -0.351. The highest BCUT2D eigenvalue weighted by atomic mass is 16.6. The fourth-order valence-corrected chi connectivity index (χ4v) is 5.50. The van der Waals surface area contributed by atoms with Gasteiger partial charge in [0.15, 0.2) is 0 Å². The second-order valence-corrected chi connectivity index (χ2v) is 10.3. The summed E-state index contributed by atoms with van der Waals surface area (Å²) in [6.45, 7) is 3.89. The van der Waals surface area contributed by atoms with E-state index in [0.29, 0.717) is 51.3 Å². The zero-order valence-electron chi connectivity index (χ0n) is 22.1. The molecule has 0 saturated carbocycles. The molecule has 3 amide bonds. The zero-order valence-corrected chi connectivity index (χ0v) is 22.1. The summed E-state index contributed by atoms with van der Waals surface area (Å²) in [6, 6.07) is 12.4. The Kier molecular flexibility index (Phi) is 8.51. The molecule has 0 unspecified atom stereocenters. The van der Waals surface area contributed by atoms with Crippen molar-refractivity contribution in [2.45, 2.75) is 44.8 Å². The van der Waals surface area contributed by atoms with Crippen LogP contribution >= 0.6 is 0 Å². The standard InChI is InChI=1S/C29H36N4O6/c34-26-18-23(38-17-3-12-31-27(35)20-8-13-30-14-9-20)6-7-24(26)28(36)32-15-10-22(11-16-32)33-25-5-2-1-4-21(25)19-39-29(33)37/h1-2,4-7,18,20,22,30,34H,3,8-17,19H2,(H,31,35). The smallest absolute Gasteiger partial charge is 0.414 e. The first kappa shape index (κ1) is 26.8. The number of carbonyl (C=O) groups excluding carboxylic acids is 3. The number of ether oxygens (including phenoxy) is 2. The Morgan fingerprint density at radius 3 is 2.62 bits per heavy atom. The van der Waals surface area contributed by atoms with Gasteiger partial charge in [0.2, 0.25) is 5.91 Å². The summed E-state index contributed by atoms with van der Waals surface area (Å²) in [5.41, 5.74) is 2.07. The SMILES string of the molecule is O=C(NCCCOc1ccc(C(=O)N2CCC(N3C(=O)OCc4ccccc43)CC2)c(O)c1)C1CCNCC1. The number of carbonyl (C=O) groups is 3. The van der Waals surface area contributed by atoms with Crippen LogP contribution in [0, 0.1) is 5.92 Å². The molecule has 0 aromatic heterocycles. The largest absolute Gasteiger partial charge is 0.507 e. The highest BCUT2D eigenvalue weighted by molar-refractivity contribution is 5.97. The van der Waals surface area contributed by atoms with Gasteiger partial charge in [-0.25, -0.2) is 4.79 Å². The number of aromatic hydroxyl groups is 1. The van der Waals surface area contributed by atoms with Gasteiger partial charge in [-0.2, -0.15) is 0 Å². The van der Waals surface area contributed by atoms with Crippen molar-refractivity contribution in [3.63, 3.8) is 0 Å². The Bertz CT molecular complexity index is 1190. The van der Waals surface area contributed by atoms with Crippen molar-refractivity contribution in [3.8, 4) is 11.5 Å². The Balaban J connectivity index is 1.08. The monoisotopic (exact) mass is 536 g/mol. The van der Waals surface area contributed by atoms with Gasteiger partial charge < -0.3 is 30.1 Å². The lowest BCUT2D eigenvalue weighted by Gasteiger charge is -2.40. The Morgan fingerprint density at radius 2 is 1.85 bits per heavy atom. The van der Waals surface area contributed by atoms with Crippen LogP contribution in [0.15, 0.2) is 42.5 Å². The second-order valence-electron chi connectivity index (χ2n) is 10.3. The molecule has 208 valence electrons. The molecule has 3 heterocycles. The molecule has 2 aromatic carbocycles. The molecule has 3 aliphatic heterocycles. The minimum Gasteiger partial charge on any atom is -0.507 e. The molecule has 3 aliphatic rings. The lowest BCUT2D eigenvalue weighted by atomic mass is 9.97. The lowest BCUT2D eigenvalue weighted by molar-refractivity contribution is -0.125. The van der Waals surface area contributed by atoms with E-state index in [1.165, 1.54) is 6.07 Å². The fourth-order valence-electron chi connectivity index (χ4n) is 5.50. The first-order valence-corrected chi connectivity index (χ1v) is 13.8. The van der Waals surface area contributed by atoms with E-state index < -0.39 is 0 Å². The van der Waals surface area contributed by atoms with Crippen molar-refractivity contribution >= 4 is 23.6 Å². The maximum absolute atomic E-state index is 13.1. The molecule has 10 nitrogen and oxygen atoms in total. The van der Waals surface area contributed by atoms with Gasteiger partial charge in [-0.15, -0.1) is 0 Å². The van der Waals surface area contributed by atoms with Crippen molar-refractivity contribution in [1.29, 1.82) is 0 Å². The normalized spacial score (nSPS) is 18.3. The van der Waals surface area contributed by atoms with Crippen molar-refractivity contribution in [2.24, 2.45) is 5.92 Å². The molecular formula is C29H36N4O6. The van der Waals surface area contributed by atoms with Crippen molar-refractivity contribution in [2.75, 3.05) is 44.2 Å². The van der Waals surface area contributed by atoms with E-state index in [9.17, 15) is 19.5 Å². The molecular weight excluding hydrogens is 500 g/mol. The molecule has 0 aliphatic carbocycles. The van der Waals surface area contributed by atoms with Gasteiger partial charge in [0, 0.05) is 43.2 Å². The highest BCUT2D eigenvalue weighted by Gasteiger charge is 2.35. The molecule has 0 bridgehead atoms. The van der Waals surface area contributed by atoms with Crippen molar-refractivity contribution in [1.82, 2.24) is 15.5 Å². The number of nitrogens with zero attached hydrogens (tertiary/aromatic N) is 2. The first-order chi connectivity index (χ1) is 19.0. The number of likely N-dealkylation sites (tertiary alicyclic amines) is 1. The molecule has 10 heteroatoms. The zero-order chi connectivity index (χ0) is 27.2. The molecule has 2 aromatic rings. The van der Waals surface area contributed by atoms with Crippen LogP contribution in [0.4, 0.5) is 10.5 Å². The number of rotatable bonds is 8. The maximum Gasteiger partial charge on any atom is 0.414 e. The number of fused-ring (bicyclic) bond motifs is 1. The van der Waals surface area contributed by atoms with Crippen molar-refractivity contribution < 1.29 is 29.0 Å². The van der Waals surface area contributed by atoms with Gasteiger partial charge in [-0.3, -0.25) is 14.5 Å². The summed E-state index contributed by atoms with van der Waals surface area (Å²) in [4.78, 5) is 41.3. The number of cyclic esters (lactones) is 1. The lowest BCUT2D eigenvalue weighted by Crippen LogP contribution is -2.50. The van der Waals surface area contributed by atoms with E-state index in [1.54, 1.807) is 21.9 Å². The Hall–Kier alpha value is -3.79. The van der Waals surface area contributed by atoms with Crippen LogP contribution in [-0.2, 0) is 16.1 Å². The number of piperidine rings is 2. The summed E-state index contributed by atoms with van der Waals surface area (Å²) < 4.78 is 11.1. The van der Waals surface area contributed by atoms with Gasteiger partial charge in [0.25, 0.3) is 5.91 Å².